The molecule has 0 saturated carbocycles. The second-order valence-corrected chi connectivity index (χ2v) is 9.49. The third-order valence-electron chi connectivity index (χ3n) is 7.33. The Morgan fingerprint density at radius 2 is 2.10 bits per heavy atom. The zero-order valence-electron chi connectivity index (χ0n) is 19.7. The minimum absolute atomic E-state index is 0.0950. The highest BCUT2D eigenvalue weighted by atomic mass is 16.2. The largest absolute Gasteiger partial charge is 0.343 e. The van der Waals surface area contributed by atoms with Gasteiger partial charge in [-0.1, -0.05) is 37.1 Å². The van der Waals surface area contributed by atoms with Crippen LogP contribution in [-0.2, 0) is 9.59 Å². The van der Waals surface area contributed by atoms with E-state index in [1.54, 1.807) is 12.6 Å². The van der Waals surface area contributed by atoms with Crippen molar-refractivity contribution in [2.24, 2.45) is 5.92 Å². The molecular weight excluding hydrogens is 388 g/mol. The number of rotatable bonds is 9. The standard InChI is InChI=1S/C25H42N4O2/c1-4-9-22(27-24(30)19(2)26-3)25(31)29-17-14-21-12-8-15-28(18-23(21)29)16-13-20-10-6-5-7-11-20/h5-6,10,19,21-23,26H,4,7-9,11-18H2,1-3H3,(H,27,30)/t19-,21+,22-,23+/m0/s1. The van der Waals surface area contributed by atoms with Crippen molar-refractivity contribution in [3.05, 3.63) is 23.8 Å². The van der Waals surface area contributed by atoms with Crippen LogP contribution < -0.4 is 10.6 Å². The summed E-state index contributed by atoms with van der Waals surface area (Å²) < 4.78 is 0. The molecule has 0 unspecified atom stereocenters. The van der Waals surface area contributed by atoms with Crippen molar-refractivity contribution in [1.82, 2.24) is 20.4 Å². The maximum atomic E-state index is 13.5. The van der Waals surface area contributed by atoms with Gasteiger partial charge in [-0.25, -0.2) is 0 Å². The maximum Gasteiger partial charge on any atom is 0.245 e. The fourth-order valence-electron chi connectivity index (χ4n) is 5.25. The first-order valence-electron chi connectivity index (χ1n) is 12.4. The molecule has 3 aliphatic rings. The van der Waals surface area contributed by atoms with E-state index in [0.717, 1.165) is 51.9 Å². The number of nitrogens with zero attached hydrogens (tertiary/aromatic N) is 2. The van der Waals surface area contributed by atoms with Gasteiger partial charge in [0.2, 0.25) is 11.8 Å². The fourth-order valence-corrected chi connectivity index (χ4v) is 5.25. The van der Waals surface area contributed by atoms with Crippen LogP contribution in [-0.4, -0.2) is 73.0 Å². The SMILES string of the molecule is CCC[C@H](NC(=O)[C@H](C)NC)C(=O)N1CC[C@H]2CCCN(CCC3=CC=CCC3)C[C@H]21. The molecule has 3 rings (SSSR count). The molecule has 1 aliphatic carbocycles. The van der Waals surface area contributed by atoms with E-state index >= 15 is 0 Å². The molecule has 2 aliphatic heterocycles. The zero-order valence-corrected chi connectivity index (χ0v) is 19.7. The molecule has 0 aromatic heterocycles. The van der Waals surface area contributed by atoms with Crippen LogP contribution >= 0.6 is 0 Å². The van der Waals surface area contributed by atoms with E-state index in [9.17, 15) is 9.59 Å². The van der Waals surface area contributed by atoms with Gasteiger partial charge in [0, 0.05) is 25.7 Å². The van der Waals surface area contributed by atoms with Crippen molar-refractivity contribution < 1.29 is 9.59 Å². The van der Waals surface area contributed by atoms with Crippen LogP contribution in [0.1, 0.15) is 65.2 Å². The van der Waals surface area contributed by atoms with E-state index in [4.69, 9.17) is 0 Å². The number of likely N-dealkylation sites (tertiary alicyclic amines) is 2. The minimum Gasteiger partial charge on any atom is -0.343 e. The molecule has 2 fully saturated rings. The number of amides is 2. The Labute approximate surface area is 188 Å². The quantitative estimate of drug-likeness (QED) is 0.590. The molecule has 2 N–H and O–H groups in total. The van der Waals surface area contributed by atoms with Crippen molar-refractivity contribution >= 4 is 11.8 Å². The molecule has 0 bridgehead atoms. The van der Waals surface area contributed by atoms with E-state index in [2.05, 4.69) is 45.6 Å². The number of hydrogen-bond acceptors (Lipinski definition) is 4. The summed E-state index contributed by atoms with van der Waals surface area (Å²) in [5, 5.41) is 5.98. The van der Waals surface area contributed by atoms with E-state index in [-0.39, 0.29) is 23.9 Å². The first-order valence-corrected chi connectivity index (χ1v) is 12.4. The van der Waals surface area contributed by atoms with Crippen molar-refractivity contribution in [2.45, 2.75) is 83.3 Å². The van der Waals surface area contributed by atoms with E-state index in [1.807, 2.05) is 6.92 Å². The van der Waals surface area contributed by atoms with Gasteiger partial charge < -0.3 is 20.4 Å². The summed E-state index contributed by atoms with van der Waals surface area (Å²) in [5.41, 5.74) is 1.55. The first-order chi connectivity index (χ1) is 15.0. The summed E-state index contributed by atoms with van der Waals surface area (Å²) in [7, 11) is 1.77. The minimum atomic E-state index is -0.414. The van der Waals surface area contributed by atoms with Gasteiger partial charge in [-0.3, -0.25) is 9.59 Å². The van der Waals surface area contributed by atoms with Gasteiger partial charge in [0.05, 0.1) is 6.04 Å². The van der Waals surface area contributed by atoms with E-state index in [1.165, 1.54) is 19.3 Å². The third-order valence-corrected chi connectivity index (χ3v) is 7.33. The molecule has 0 radical (unpaired) electrons. The summed E-state index contributed by atoms with van der Waals surface area (Å²) in [6.45, 7) is 7.92. The molecule has 6 heteroatoms. The lowest BCUT2D eigenvalue weighted by Crippen LogP contribution is -2.55. The van der Waals surface area contributed by atoms with Gasteiger partial charge in [0.1, 0.15) is 6.04 Å². The summed E-state index contributed by atoms with van der Waals surface area (Å²) in [6, 6.07) is -0.424. The van der Waals surface area contributed by atoms with Gasteiger partial charge in [-0.2, -0.15) is 0 Å². The van der Waals surface area contributed by atoms with Crippen molar-refractivity contribution in [2.75, 3.05) is 33.2 Å². The molecule has 2 saturated heterocycles. The Bertz CT molecular complexity index is 674. The van der Waals surface area contributed by atoms with Crippen molar-refractivity contribution in [3.63, 3.8) is 0 Å². The lowest BCUT2D eigenvalue weighted by molar-refractivity contribution is -0.138. The normalized spacial score (nSPS) is 26.0. The van der Waals surface area contributed by atoms with Gasteiger partial charge in [-0.05, 0) is 71.4 Å². The van der Waals surface area contributed by atoms with Crippen LogP contribution in [0.3, 0.4) is 0 Å². The second-order valence-electron chi connectivity index (χ2n) is 9.49. The van der Waals surface area contributed by atoms with E-state index < -0.39 is 6.04 Å². The number of carbonyl (C=O) groups excluding carboxylic acids is 2. The lowest BCUT2D eigenvalue weighted by Gasteiger charge is -2.33. The van der Waals surface area contributed by atoms with Crippen molar-refractivity contribution in [1.29, 1.82) is 0 Å². The predicted octanol–water partition coefficient (Wildman–Crippen LogP) is 2.86. The molecule has 0 aromatic rings. The van der Waals surface area contributed by atoms with Crippen LogP contribution in [0.4, 0.5) is 0 Å². The molecule has 4 atom stereocenters. The summed E-state index contributed by atoms with van der Waals surface area (Å²) >= 11 is 0. The zero-order chi connectivity index (χ0) is 22.2. The lowest BCUT2D eigenvalue weighted by atomic mass is 9.96. The molecule has 2 amide bonds. The van der Waals surface area contributed by atoms with Crippen LogP contribution in [0.5, 0.6) is 0 Å². The molecule has 0 aromatic carbocycles. The number of fused-ring (bicyclic) bond motifs is 1. The van der Waals surface area contributed by atoms with Crippen LogP contribution in [0.25, 0.3) is 0 Å². The summed E-state index contributed by atoms with van der Waals surface area (Å²) in [5.74, 6) is 0.621. The van der Waals surface area contributed by atoms with Crippen LogP contribution in [0, 0.1) is 5.92 Å². The highest BCUT2D eigenvalue weighted by molar-refractivity contribution is 5.89. The number of likely N-dealkylation sites (N-methyl/N-ethyl adjacent to an activating group) is 1. The average molecular weight is 431 g/mol. The van der Waals surface area contributed by atoms with Gasteiger partial charge in [0.25, 0.3) is 0 Å². The number of hydrogen-bond donors (Lipinski definition) is 2. The highest BCUT2D eigenvalue weighted by Gasteiger charge is 2.41. The summed E-state index contributed by atoms with van der Waals surface area (Å²) in [4.78, 5) is 30.6. The topological polar surface area (TPSA) is 64.7 Å². The highest BCUT2D eigenvalue weighted by Crippen LogP contribution is 2.32. The Balaban J connectivity index is 1.63. The summed E-state index contributed by atoms with van der Waals surface area (Å²) in [6.07, 6.45) is 15.3. The fraction of sp³-hybridized carbons (Fsp3) is 0.760. The molecule has 31 heavy (non-hydrogen) atoms. The number of allylic oxidation sites excluding steroid dienone is 3. The Morgan fingerprint density at radius 1 is 1.26 bits per heavy atom. The molecule has 2 heterocycles. The average Bonchev–Trinajstić information content (AvgIpc) is 3.07. The monoisotopic (exact) mass is 430 g/mol. The molecule has 0 spiro atoms. The number of nitrogens with one attached hydrogen (secondary N) is 2. The van der Waals surface area contributed by atoms with Crippen molar-refractivity contribution in [3.8, 4) is 0 Å². The van der Waals surface area contributed by atoms with Gasteiger partial charge >= 0.3 is 0 Å². The van der Waals surface area contributed by atoms with Gasteiger partial charge in [-0.15, -0.1) is 0 Å². The Morgan fingerprint density at radius 3 is 2.81 bits per heavy atom. The second kappa shape index (κ2) is 11.8. The van der Waals surface area contributed by atoms with Gasteiger partial charge in [0.15, 0.2) is 0 Å². The molecular formula is C25H42N4O2. The van der Waals surface area contributed by atoms with E-state index in [0.29, 0.717) is 12.3 Å². The predicted molar refractivity (Wildman–Crippen MR) is 126 cm³/mol. The maximum absolute atomic E-state index is 13.5. The molecule has 6 nitrogen and oxygen atoms in total. The third kappa shape index (κ3) is 6.42. The first kappa shape index (κ1) is 24.0. The Hall–Kier alpha value is -1.66. The Kier molecular flexibility index (Phi) is 9.15. The van der Waals surface area contributed by atoms with Crippen LogP contribution in [0.15, 0.2) is 23.8 Å². The van der Waals surface area contributed by atoms with Crippen LogP contribution in [0.2, 0.25) is 0 Å². The molecule has 174 valence electrons. The smallest absolute Gasteiger partial charge is 0.245 e. The number of carbonyl (C=O) groups is 2.